The number of pyridine rings is 1. The van der Waals surface area contributed by atoms with Gasteiger partial charge in [0, 0.05) is 48.0 Å². The molecule has 36 heavy (non-hydrogen) atoms. The van der Waals surface area contributed by atoms with Gasteiger partial charge in [-0.3, -0.25) is 15.0 Å². The van der Waals surface area contributed by atoms with E-state index in [1.165, 1.54) is 23.7 Å². The highest BCUT2D eigenvalue weighted by Crippen LogP contribution is 2.39. The third-order valence-corrected chi connectivity index (χ3v) is 8.22. The second-order valence-corrected chi connectivity index (χ2v) is 12.3. The maximum Gasteiger partial charge on any atom is 0.321 e. The topological polar surface area (TPSA) is 165 Å². The molecule has 0 unspecified atom stereocenters. The van der Waals surface area contributed by atoms with E-state index in [0.717, 1.165) is 21.4 Å². The zero-order valence-corrected chi connectivity index (χ0v) is 21.8. The van der Waals surface area contributed by atoms with E-state index in [1.54, 1.807) is 33.2 Å². The summed E-state index contributed by atoms with van der Waals surface area (Å²) in [5.74, 6) is -0.0166. The van der Waals surface area contributed by atoms with Crippen LogP contribution in [0.1, 0.15) is 27.7 Å². The first kappa shape index (κ1) is 25.3. The Morgan fingerprint density at radius 2 is 1.75 bits per heavy atom. The van der Waals surface area contributed by atoms with Gasteiger partial charge in [0.05, 0.1) is 20.7 Å². The zero-order valence-electron chi connectivity index (χ0n) is 20.2. The highest BCUT2D eigenvalue weighted by molar-refractivity contribution is 7.94. The summed E-state index contributed by atoms with van der Waals surface area (Å²) in [5, 5.41) is 5.87. The van der Waals surface area contributed by atoms with Crippen LogP contribution in [0.3, 0.4) is 0 Å². The molecule has 5 N–H and O–H groups in total. The number of urea groups is 1. The molecule has 13 heteroatoms. The van der Waals surface area contributed by atoms with E-state index in [0.29, 0.717) is 28.4 Å². The Bertz CT molecular complexity index is 1530. The van der Waals surface area contributed by atoms with Crippen molar-refractivity contribution in [3.05, 3.63) is 43.0 Å². The third-order valence-electron chi connectivity index (χ3n) is 5.14. The maximum absolute atomic E-state index is 12.4. The Labute approximate surface area is 212 Å². The lowest BCUT2D eigenvalue weighted by Gasteiger charge is -2.19. The van der Waals surface area contributed by atoms with Gasteiger partial charge in [0.25, 0.3) is 0 Å². The van der Waals surface area contributed by atoms with Crippen LogP contribution in [0.15, 0.2) is 43.0 Å². The Morgan fingerprint density at radius 3 is 2.39 bits per heavy atom. The molecule has 3 heterocycles. The fourth-order valence-corrected chi connectivity index (χ4v) is 4.81. The Hall–Kier alpha value is -3.84. The smallest absolute Gasteiger partial charge is 0.321 e. The standard InChI is InChI=1S/C23H26N8O3S2/c1-5-26-21(32)30-22-29-18-8-13(7-17(19(18)35-22)14-6-16(24)12-25-9-14)15-10-27-20(28-11-15)31-36(33,34)23(2,3)4/h6-12H,5,24H2,1-4H3,(H,27,28,31)(H2,26,29,30,32). The molecule has 0 aliphatic carbocycles. The average Bonchev–Trinajstić information content (AvgIpc) is 3.20. The molecule has 0 aliphatic rings. The largest absolute Gasteiger partial charge is 0.397 e. The van der Waals surface area contributed by atoms with Gasteiger partial charge >= 0.3 is 6.03 Å². The number of thiazole rings is 1. The third kappa shape index (κ3) is 5.36. The molecule has 0 fully saturated rings. The van der Waals surface area contributed by atoms with Crippen LogP contribution in [0, 0.1) is 0 Å². The van der Waals surface area contributed by atoms with Crippen molar-refractivity contribution in [3.63, 3.8) is 0 Å². The highest BCUT2D eigenvalue weighted by Gasteiger charge is 2.29. The molecular formula is C23H26N8O3S2. The van der Waals surface area contributed by atoms with E-state index in [9.17, 15) is 13.2 Å². The molecule has 0 saturated carbocycles. The molecule has 4 aromatic rings. The van der Waals surface area contributed by atoms with Crippen molar-refractivity contribution in [2.45, 2.75) is 32.4 Å². The van der Waals surface area contributed by atoms with Crippen molar-refractivity contribution < 1.29 is 13.2 Å². The molecule has 11 nitrogen and oxygen atoms in total. The summed E-state index contributed by atoms with van der Waals surface area (Å²) < 4.78 is 27.1. The number of anilines is 3. The van der Waals surface area contributed by atoms with Gasteiger partial charge < -0.3 is 11.1 Å². The number of rotatable bonds is 6. The number of sulfonamides is 1. The van der Waals surface area contributed by atoms with Crippen LogP contribution in [0.5, 0.6) is 0 Å². The lowest BCUT2D eigenvalue weighted by Crippen LogP contribution is -2.34. The van der Waals surface area contributed by atoms with Crippen molar-refractivity contribution in [3.8, 4) is 22.3 Å². The predicted molar refractivity (Wildman–Crippen MR) is 143 cm³/mol. The second-order valence-electron chi connectivity index (χ2n) is 8.90. The Morgan fingerprint density at radius 1 is 1.03 bits per heavy atom. The van der Waals surface area contributed by atoms with E-state index in [2.05, 4.69) is 35.3 Å². The molecule has 2 amide bonds. The monoisotopic (exact) mass is 526 g/mol. The number of aromatic nitrogens is 4. The first-order valence-corrected chi connectivity index (χ1v) is 13.3. The highest BCUT2D eigenvalue weighted by atomic mass is 32.2. The van der Waals surface area contributed by atoms with E-state index < -0.39 is 14.8 Å². The number of carbonyl (C=O) groups is 1. The van der Waals surface area contributed by atoms with Crippen LogP contribution in [0.25, 0.3) is 32.5 Å². The van der Waals surface area contributed by atoms with Crippen molar-refractivity contribution in [1.82, 2.24) is 25.3 Å². The fraction of sp³-hybridized carbons (Fsp3) is 0.261. The minimum absolute atomic E-state index is 0.0166. The molecule has 0 atom stereocenters. The first-order chi connectivity index (χ1) is 17.0. The number of fused-ring (bicyclic) bond motifs is 1. The Kier molecular flexibility index (Phi) is 6.78. The van der Waals surface area contributed by atoms with Gasteiger partial charge in [-0.15, -0.1) is 0 Å². The molecule has 0 aliphatic heterocycles. The quantitative estimate of drug-likeness (QED) is 0.292. The van der Waals surface area contributed by atoms with Crippen molar-refractivity contribution in [2.75, 3.05) is 22.3 Å². The lowest BCUT2D eigenvalue weighted by molar-refractivity contribution is 0.252. The molecule has 188 valence electrons. The van der Waals surface area contributed by atoms with Crippen LogP contribution in [-0.2, 0) is 10.0 Å². The van der Waals surface area contributed by atoms with Crippen molar-refractivity contribution in [2.24, 2.45) is 0 Å². The first-order valence-electron chi connectivity index (χ1n) is 11.0. The van der Waals surface area contributed by atoms with Crippen molar-refractivity contribution in [1.29, 1.82) is 0 Å². The van der Waals surface area contributed by atoms with Gasteiger partial charge in [-0.2, -0.15) is 0 Å². The zero-order chi connectivity index (χ0) is 26.1. The summed E-state index contributed by atoms with van der Waals surface area (Å²) in [6.07, 6.45) is 6.34. The number of amides is 2. The molecule has 0 saturated heterocycles. The molecule has 3 aromatic heterocycles. The summed E-state index contributed by atoms with van der Waals surface area (Å²) in [6.45, 7) is 7.09. The second kappa shape index (κ2) is 9.66. The lowest BCUT2D eigenvalue weighted by atomic mass is 10.0. The number of nitrogen functional groups attached to an aromatic ring is 1. The molecule has 0 bridgehead atoms. The van der Waals surface area contributed by atoms with Crippen LogP contribution in [-0.4, -0.2) is 45.7 Å². The summed E-state index contributed by atoms with van der Waals surface area (Å²) in [4.78, 5) is 29.2. The SMILES string of the molecule is CCNC(=O)Nc1nc2cc(-c3cnc(NS(=O)(=O)C(C)(C)C)nc3)cc(-c3cncc(N)c3)c2s1. The molecular weight excluding hydrogens is 500 g/mol. The number of nitrogens with one attached hydrogen (secondary N) is 3. The Balaban J connectivity index is 1.77. The van der Waals surface area contributed by atoms with Gasteiger partial charge in [-0.1, -0.05) is 11.3 Å². The summed E-state index contributed by atoms with van der Waals surface area (Å²) in [7, 11) is -3.66. The molecule has 0 radical (unpaired) electrons. The van der Waals surface area contributed by atoms with Gasteiger partial charge in [-0.25, -0.2) is 28.2 Å². The molecule has 4 rings (SSSR count). The van der Waals surface area contributed by atoms with Crippen LogP contribution in [0.4, 0.5) is 21.6 Å². The maximum atomic E-state index is 12.4. The van der Waals surface area contributed by atoms with Crippen molar-refractivity contribution >= 4 is 54.4 Å². The number of nitrogens with zero attached hydrogens (tertiary/aromatic N) is 4. The predicted octanol–water partition coefficient (Wildman–Crippen LogP) is 4.08. The fourth-order valence-electron chi connectivity index (χ4n) is 3.18. The number of hydrogen-bond donors (Lipinski definition) is 4. The summed E-state index contributed by atoms with van der Waals surface area (Å²) in [5.41, 5.74) is 10.1. The van der Waals surface area contributed by atoms with Crippen LogP contribution in [0.2, 0.25) is 0 Å². The van der Waals surface area contributed by atoms with Gasteiger partial charge in [0.1, 0.15) is 0 Å². The minimum atomic E-state index is -3.66. The average molecular weight is 527 g/mol. The molecule has 0 spiro atoms. The van der Waals surface area contributed by atoms with E-state index in [-0.39, 0.29) is 12.0 Å². The number of nitrogens with two attached hydrogens (primary N) is 1. The number of hydrogen-bond acceptors (Lipinski definition) is 9. The number of carbonyl (C=O) groups excluding carboxylic acids is 1. The van der Waals surface area contributed by atoms with Gasteiger partial charge in [0.15, 0.2) is 5.13 Å². The van der Waals surface area contributed by atoms with Gasteiger partial charge in [0.2, 0.25) is 16.0 Å². The van der Waals surface area contributed by atoms with Crippen LogP contribution >= 0.6 is 11.3 Å². The van der Waals surface area contributed by atoms with E-state index in [1.807, 2.05) is 25.1 Å². The van der Waals surface area contributed by atoms with Crippen LogP contribution < -0.4 is 21.1 Å². The van der Waals surface area contributed by atoms with E-state index >= 15 is 0 Å². The summed E-state index contributed by atoms with van der Waals surface area (Å²) in [6, 6.07) is 5.26. The molecule has 1 aromatic carbocycles. The van der Waals surface area contributed by atoms with Gasteiger partial charge in [-0.05, 0) is 51.5 Å². The minimum Gasteiger partial charge on any atom is -0.397 e. The van der Waals surface area contributed by atoms with E-state index in [4.69, 9.17) is 5.73 Å². The summed E-state index contributed by atoms with van der Waals surface area (Å²) >= 11 is 1.33. The number of benzene rings is 1. The normalized spacial score (nSPS) is 11.9.